The van der Waals surface area contributed by atoms with E-state index < -0.39 is 18.9 Å². The Labute approximate surface area is 208 Å². The molecule has 0 heterocycles. The Morgan fingerprint density at radius 1 is 0.714 bits per heavy atom. The minimum absolute atomic E-state index is 0.153. The van der Waals surface area contributed by atoms with Crippen LogP contribution in [0.15, 0.2) is 121 Å². The summed E-state index contributed by atoms with van der Waals surface area (Å²) in [5, 5.41) is 13.2. The molecular formula is C31H33O3P. The van der Waals surface area contributed by atoms with Gasteiger partial charge in [0.05, 0.1) is 24.5 Å². The highest BCUT2D eigenvalue weighted by atomic mass is 31.2. The summed E-state index contributed by atoms with van der Waals surface area (Å²) in [6, 6.07) is 38.9. The first-order chi connectivity index (χ1) is 17.1. The summed E-state index contributed by atoms with van der Waals surface area (Å²) in [4.78, 5) is 0. The van der Waals surface area contributed by atoms with E-state index in [0.29, 0.717) is 13.0 Å². The van der Waals surface area contributed by atoms with Gasteiger partial charge in [0.25, 0.3) is 0 Å². The molecule has 0 aliphatic carbocycles. The smallest absolute Gasteiger partial charge is 0.149 e. The van der Waals surface area contributed by atoms with Crippen molar-refractivity contribution < 1.29 is 14.4 Å². The van der Waals surface area contributed by atoms with Crippen molar-refractivity contribution in [2.45, 2.75) is 44.2 Å². The summed E-state index contributed by atoms with van der Waals surface area (Å²) >= 11 is 0. The van der Waals surface area contributed by atoms with Crippen LogP contribution in [0.5, 0.6) is 0 Å². The fourth-order valence-corrected chi connectivity index (χ4v) is 7.99. The number of ether oxygens (including phenoxy) is 1. The van der Waals surface area contributed by atoms with E-state index in [1.165, 1.54) is 0 Å². The molecule has 35 heavy (non-hydrogen) atoms. The van der Waals surface area contributed by atoms with Crippen LogP contribution >= 0.6 is 7.14 Å². The lowest BCUT2D eigenvalue weighted by molar-refractivity contribution is 0.0227. The van der Waals surface area contributed by atoms with Gasteiger partial charge in [-0.2, -0.15) is 0 Å². The first kappa shape index (κ1) is 25.1. The number of hydrogen-bond acceptors (Lipinski definition) is 3. The van der Waals surface area contributed by atoms with E-state index in [0.717, 1.165) is 28.2 Å². The van der Waals surface area contributed by atoms with Gasteiger partial charge < -0.3 is 14.4 Å². The van der Waals surface area contributed by atoms with Gasteiger partial charge in [0.15, 0.2) is 0 Å². The minimum atomic E-state index is -3.25. The van der Waals surface area contributed by atoms with E-state index in [1.54, 1.807) is 0 Å². The highest BCUT2D eigenvalue weighted by Gasteiger charge is 2.42. The second-order valence-corrected chi connectivity index (χ2v) is 11.8. The van der Waals surface area contributed by atoms with Gasteiger partial charge in [-0.1, -0.05) is 128 Å². The third-order valence-corrected chi connectivity index (χ3v) is 10.1. The molecule has 3 atom stereocenters. The van der Waals surface area contributed by atoms with Crippen LogP contribution in [0.3, 0.4) is 0 Å². The van der Waals surface area contributed by atoms with Crippen molar-refractivity contribution in [3.63, 3.8) is 0 Å². The Morgan fingerprint density at radius 3 is 1.66 bits per heavy atom. The van der Waals surface area contributed by atoms with Gasteiger partial charge in [0.2, 0.25) is 0 Å². The van der Waals surface area contributed by atoms with Gasteiger partial charge in [-0.25, -0.2) is 0 Å². The summed E-state index contributed by atoms with van der Waals surface area (Å²) in [6.07, 6.45) is 0.172. The summed E-state index contributed by atoms with van der Waals surface area (Å²) in [5.74, 6) is 0. The standard InChI is InChI=1S/C31H33O3P/c1-2-27(34-24-25-15-7-3-8-16-25)23-30(31(32)26-17-9-4-10-18-26)35(33,28-19-11-5-12-20-28)29-21-13-6-14-22-29/h3-22,27,30-32H,2,23-24H2,1H3/t27-,30+,31-/m1/s1. The summed E-state index contributed by atoms with van der Waals surface area (Å²) in [6.45, 7) is 2.56. The fourth-order valence-electron chi connectivity index (χ4n) is 4.59. The highest BCUT2D eigenvalue weighted by molar-refractivity contribution is 7.79. The average molecular weight is 485 g/mol. The molecular weight excluding hydrogens is 451 g/mol. The highest BCUT2D eigenvalue weighted by Crippen LogP contribution is 2.55. The summed E-state index contributed by atoms with van der Waals surface area (Å²) in [7, 11) is -3.25. The molecule has 0 radical (unpaired) electrons. The molecule has 4 aromatic rings. The van der Waals surface area contributed by atoms with E-state index in [4.69, 9.17) is 4.74 Å². The predicted octanol–water partition coefficient (Wildman–Crippen LogP) is 6.49. The molecule has 0 aliphatic rings. The third kappa shape index (κ3) is 6.00. The molecule has 0 aliphatic heterocycles. The normalized spacial score (nSPS) is 14.2. The van der Waals surface area contributed by atoms with Crippen molar-refractivity contribution in [2.24, 2.45) is 0 Å². The first-order valence-electron chi connectivity index (χ1n) is 12.2. The van der Waals surface area contributed by atoms with E-state index in [2.05, 4.69) is 6.92 Å². The van der Waals surface area contributed by atoms with Crippen LogP contribution in [0.1, 0.15) is 37.0 Å². The Morgan fingerprint density at radius 2 is 1.17 bits per heavy atom. The molecule has 0 bridgehead atoms. The van der Waals surface area contributed by atoms with Crippen molar-refractivity contribution in [3.05, 3.63) is 132 Å². The topological polar surface area (TPSA) is 46.5 Å². The Hall–Kier alpha value is -2.97. The number of hydrogen-bond donors (Lipinski definition) is 1. The molecule has 180 valence electrons. The molecule has 0 saturated heterocycles. The predicted molar refractivity (Wildman–Crippen MR) is 145 cm³/mol. The van der Waals surface area contributed by atoms with Gasteiger partial charge in [-0.15, -0.1) is 0 Å². The number of aliphatic hydroxyl groups excluding tert-OH is 1. The molecule has 4 aromatic carbocycles. The van der Waals surface area contributed by atoms with Crippen molar-refractivity contribution in [2.75, 3.05) is 0 Å². The molecule has 0 amide bonds. The van der Waals surface area contributed by atoms with Gasteiger partial charge in [0.1, 0.15) is 7.14 Å². The van der Waals surface area contributed by atoms with Crippen molar-refractivity contribution in [3.8, 4) is 0 Å². The van der Waals surface area contributed by atoms with Crippen LogP contribution in [-0.4, -0.2) is 16.9 Å². The van der Waals surface area contributed by atoms with E-state index >= 15 is 4.57 Å². The van der Waals surface area contributed by atoms with Crippen LogP contribution in [0.2, 0.25) is 0 Å². The Bertz CT molecular complexity index is 1150. The van der Waals surface area contributed by atoms with Gasteiger partial charge in [-0.3, -0.25) is 0 Å². The minimum Gasteiger partial charge on any atom is -0.388 e. The maximum atomic E-state index is 15.2. The summed E-state index contributed by atoms with van der Waals surface area (Å²) in [5.41, 5.74) is 1.32. The van der Waals surface area contributed by atoms with Gasteiger partial charge >= 0.3 is 0 Å². The zero-order valence-electron chi connectivity index (χ0n) is 20.1. The zero-order valence-corrected chi connectivity index (χ0v) is 21.0. The molecule has 3 nitrogen and oxygen atoms in total. The van der Waals surface area contributed by atoms with Crippen molar-refractivity contribution in [1.82, 2.24) is 0 Å². The Kier molecular flexibility index (Phi) is 8.71. The fraction of sp³-hybridized carbons (Fsp3) is 0.226. The first-order valence-corrected chi connectivity index (χ1v) is 14.0. The molecule has 0 unspecified atom stereocenters. The van der Waals surface area contributed by atoms with Crippen molar-refractivity contribution >= 4 is 17.8 Å². The molecule has 0 spiro atoms. The van der Waals surface area contributed by atoms with E-state index in [-0.39, 0.29) is 6.10 Å². The van der Waals surface area contributed by atoms with Crippen LogP contribution in [0, 0.1) is 0 Å². The molecule has 0 aromatic heterocycles. The lowest BCUT2D eigenvalue weighted by atomic mass is 10.0. The van der Waals surface area contributed by atoms with Crippen LogP contribution in [-0.2, 0) is 15.9 Å². The van der Waals surface area contributed by atoms with Gasteiger partial charge in [0, 0.05) is 10.6 Å². The van der Waals surface area contributed by atoms with Crippen molar-refractivity contribution in [1.29, 1.82) is 0 Å². The number of aliphatic hydroxyl groups is 1. The van der Waals surface area contributed by atoms with E-state index in [9.17, 15) is 5.11 Å². The van der Waals surface area contributed by atoms with Crippen LogP contribution in [0.25, 0.3) is 0 Å². The second kappa shape index (κ2) is 12.1. The number of benzene rings is 4. The zero-order chi connectivity index (χ0) is 24.5. The maximum Gasteiger partial charge on any atom is 0.149 e. The quantitative estimate of drug-likeness (QED) is 0.248. The van der Waals surface area contributed by atoms with Gasteiger partial charge in [-0.05, 0) is 24.0 Å². The lowest BCUT2D eigenvalue weighted by Crippen LogP contribution is -2.34. The second-order valence-electron chi connectivity index (χ2n) is 8.81. The molecule has 1 N–H and O–H groups in total. The maximum absolute atomic E-state index is 15.2. The lowest BCUT2D eigenvalue weighted by Gasteiger charge is -2.34. The van der Waals surface area contributed by atoms with Crippen LogP contribution < -0.4 is 10.6 Å². The SMILES string of the molecule is CC[C@H](C[C@@H]([C@H](O)c1ccccc1)P(=O)(c1ccccc1)c1ccccc1)OCc1ccccc1. The summed E-state index contributed by atoms with van der Waals surface area (Å²) < 4.78 is 21.6. The Balaban J connectivity index is 1.75. The van der Waals surface area contributed by atoms with E-state index in [1.807, 2.05) is 121 Å². The monoisotopic (exact) mass is 484 g/mol. The molecule has 0 fully saturated rings. The number of rotatable bonds is 11. The molecule has 4 rings (SSSR count). The largest absolute Gasteiger partial charge is 0.388 e. The molecule has 4 heteroatoms. The molecule has 0 saturated carbocycles. The van der Waals surface area contributed by atoms with Crippen LogP contribution in [0.4, 0.5) is 0 Å². The third-order valence-electron chi connectivity index (χ3n) is 6.54. The average Bonchev–Trinajstić information content (AvgIpc) is 2.94.